The molecule has 0 aliphatic heterocycles. The first-order valence-corrected chi connectivity index (χ1v) is 7.98. The number of rotatable bonds is 6. The van der Waals surface area contributed by atoms with E-state index in [1.807, 2.05) is 0 Å². The van der Waals surface area contributed by atoms with E-state index in [-0.39, 0.29) is 30.0 Å². The van der Waals surface area contributed by atoms with Gasteiger partial charge in [-0.2, -0.15) is 13.2 Å². The summed E-state index contributed by atoms with van der Waals surface area (Å²) in [4.78, 5) is 16.1. The van der Waals surface area contributed by atoms with Crippen molar-refractivity contribution >= 4 is 5.91 Å². The van der Waals surface area contributed by atoms with Gasteiger partial charge in [-0.3, -0.25) is 4.79 Å². The van der Waals surface area contributed by atoms with Gasteiger partial charge in [-0.25, -0.2) is 9.37 Å². The van der Waals surface area contributed by atoms with Gasteiger partial charge in [-0.15, -0.1) is 0 Å². The minimum atomic E-state index is -4.60. The molecule has 5 nitrogen and oxygen atoms in total. The van der Waals surface area contributed by atoms with Crippen molar-refractivity contribution in [1.82, 2.24) is 10.3 Å². The number of aromatic nitrogens is 1. The zero-order chi connectivity index (χ0) is 20.2. The molecule has 0 saturated carbocycles. The highest BCUT2D eigenvalue weighted by atomic mass is 19.4. The van der Waals surface area contributed by atoms with Crippen LogP contribution in [0.4, 0.5) is 17.6 Å². The van der Waals surface area contributed by atoms with Gasteiger partial charge in [0.2, 0.25) is 5.88 Å². The Morgan fingerprint density at radius 2 is 1.85 bits per heavy atom. The number of alkyl halides is 3. The number of nitrogens with one attached hydrogen (secondary N) is 1. The van der Waals surface area contributed by atoms with Gasteiger partial charge >= 0.3 is 6.18 Å². The van der Waals surface area contributed by atoms with E-state index in [1.165, 1.54) is 19.2 Å². The molecule has 0 aliphatic rings. The fourth-order valence-corrected chi connectivity index (χ4v) is 2.51. The average Bonchev–Trinajstić information content (AvgIpc) is 2.64. The molecule has 1 aromatic carbocycles. The minimum Gasteiger partial charge on any atom is -0.481 e. The van der Waals surface area contributed by atoms with Gasteiger partial charge in [0.15, 0.2) is 5.60 Å². The van der Waals surface area contributed by atoms with Crippen LogP contribution in [0.25, 0.3) is 0 Å². The number of methoxy groups -OCH3 is 1. The topological polar surface area (TPSA) is 71.5 Å². The molecule has 0 aliphatic carbocycles. The van der Waals surface area contributed by atoms with Gasteiger partial charge in [0, 0.05) is 18.3 Å². The molecule has 2 aromatic rings. The molecule has 1 atom stereocenters. The number of amides is 1. The van der Waals surface area contributed by atoms with Crippen molar-refractivity contribution in [3.8, 4) is 5.88 Å². The van der Waals surface area contributed by atoms with Crippen LogP contribution in [-0.4, -0.2) is 23.1 Å². The van der Waals surface area contributed by atoms with Crippen molar-refractivity contribution in [2.75, 3.05) is 7.11 Å². The third kappa shape index (κ3) is 4.54. The molecule has 2 N–H and O–H groups in total. The molecule has 27 heavy (non-hydrogen) atoms. The Bertz CT molecular complexity index is 809. The number of benzene rings is 1. The van der Waals surface area contributed by atoms with Crippen LogP contribution < -0.4 is 10.1 Å². The number of ether oxygens (including phenoxy) is 1. The second-order valence-electron chi connectivity index (χ2n) is 5.79. The fraction of sp³-hybridized carbons (Fsp3) is 0.333. The summed E-state index contributed by atoms with van der Waals surface area (Å²) in [5.74, 6) is -1.45. The lowest BCUT2D eigenvalue weighted by Gasteiger charge is -2.26. The highest BCUT2D eigenvalue weighted by Gasteiger charge is 2.36. The summed E-state index contributed by atoms with van der Waals surface area (Å²) < 4.78 is 56.6. The SMILES string of the molecule is CCC(O)(C(=O)NCc1cc(C(F)(F)F)cnc1OC)c1ccc(F)cc1. The van der Waals surface area contributed by atoms with E-state index in [4.69, 9.17) is 4.74 Å². The van der Waals surface area contributed by atoms with E-state index < -0.39 is 29.1 Å². The van der Waals surface area contributed by atoms with Gasteiger partial charge < -0.3 is 15.2 Å². The molecule has 0 radical (unpaired) electrons. The number of hydrogen-bond donors (Lipinski definition) is 2. The second-order valence-corrected chi connectivity index (χ2v) is 5.79. The zero-order valence-electron chi connectivity index (χ0n) is 14.6. The first kappa shape index (κ1) is 20.6. The van der Waals surface area contributed by atoms with Crippen LogP contribution in [0.1, 0.15) is 30.0 Å². The summed E-state index contributed by atoms with van der Waals surface area (Å²) in [5, 5.41) is 13.1. The van der Waals surface area contributed by atoms with E-state index in [0.29, 0.717) is 6.20 Å². The molecule has 1 unspecified atom stereocenters. The van der Waals surface area contributed by atoms with Crippen LogP contribution in [0, 0.1) is 5.82 Å². The lowest BCUT2D eigenvalue weighted by Crippen LogP contribution is -2.43. The Morgan fingerprint density at radius 3 is 2.37 bits per heavy atom. The Kier molecular flexibility index (Phi) is 6.04. The second kappa shape index (κ2) is 7.91. The van der Waals surface area contributed by atoms with Crippen molar-refractivity contribution in [3.63, 3.8) is 0 Å². The number of hydrogen-bond acceptors (Lipinski definition) is 4. The summed E-state index contributed by atoms with van der Waals surface area (Å²) in [5.41, 5.74) is -2.79. The van der Waals surface area contributed by atoms with Crippen LogP contribution in [0.2, 0.25) is 0 Å². The van der Waals surface area contributed by atoms with Gasteiger partial charge in [0.1, 0.15) is 5.82 Å². The fourth-order valence-electron chi connectivity index (χ4n) is 2.51. The van der Waals surface area contributed by atoms with Crippen LogP contribution in [0.3, 0.4) is 0 Å². The van der Waals surface area contributed by atoms with Crippen LogP contribution in [0.15, 0.2) is 36.5 Å². The Hall–Kier alpha value is -2.68. The van der Waals surface area contributed by atoms with Gasteiger partial charge in [-0.05, 0) is 30.2 Å². The summed E-state index contributed by atoms with van der Waals surface area (Å²) in [6, 6.07) is 5.55. The highest BCUT2D eigenvalue weighted by molar-refractivity contribution is 5.86. The Balaban J connectivity index is 2.24. The molecular formula is C18H18F4N2O3. The molecule has 1 aromatic heterocycles. The Labute approximate surface area is 153 Å². The summed E-state index contributed by atoms with van der Waals surface area (Å²) >= 11 is 0. The van der Waals surface area contributed by atoms with E-state index in [1.54, 1.807) is 6.92 Å². The van der Waals surface area contributed by atoms with Crippen molar-refractivity contribution in [2.45, 2.75) is 31.7 Å². The van der Waals surface area contributed by atoms with Gasteiger partial charge in [0.25, 0.3) is 5.91 Å². The molecule has 9 heteroatoms. The van der Waals surface area contributed by atoms with E-state index in [9.17, 15) is 27.5 Å². The monoisotopic (exact) mass is 386 g/mol. The first-order valence-electron chi connectivity index (χ1n) is 7.98. The molecule has 2 rings (SSSR count). The molecule has 1 heterocycles. The van der Waals surface area contributed by atoms with Gasteiger partial charge in [0.05, 0.1) is 12.7 Å². The molecule has 146 valence electrons. The normalized spacial score (nSPS) is 13.7. The third-order valence-electron chi connectivity index (χ3n) is 4.09. The predicted molar refractivity (Wildman–Crippen MR) is 88.2 cm³/mol. The highest BCUT2D eigenvalue weighted by Crippen LogP contribution is 2.31. The van der Waals surface area contributed by atoms with Crippen molar-refractivity contribution in [3.05, 3.63) is 59.0 Å². The zero-order valence-corrected chi connectivity index (χ0v) is 14.6. The van der Waals surface area contributed by atoms with Crippen LogP contribution in [0.5, 0.6) is 5.88 Å². The lowest BCUT2D eigenvalue weighted by molar-refractivity contribution is -0.141. The van der Waals surface area contributed by atoms with E-state index in [2.05, 4.69) is 10.3 Å². The molecule has 0 fully saturated rings. The smallest absolute Gasteiger partial charge is 0.417 e. The maximum atomic E-state index is 13.1. The number of nitrogens with zero attached hydrogens (tertiary/aromatic N) is 1. The molecule has 0 saturated heterocycles. The van der Waals surface area contributed by atoms with Crippen LogP contribution in [-0.2, 0) is 23.1 Å². The van der Waals surface area contributed by atoms with Crippen molar-refractivity contribution in [2.24, 2.45) is 0 Å². The van der Waals surface area contributed by atoms with E-state index >= 15 is 0 Å². The summed E-state index contributed by atoms with van der Waals surface area (Å²) in [7, 11) is 1.24. The molecule has 1 amide bonds. The quantitative estimate of drug-likeness (QED) is 0.749. The Morgan fingerprint density at radius 1 is 1.22 bits per heavy atom. The maximum Gasteiger partial charge on any atom is 0.417 e. The van der Waals surface area contributed by atoms with E-state index in [0.717, 1.165) is 18.2 Å². The van der Waals surface area contributed by atoms with Crippen molar-refractivity contribution in [1.29, 1.82) is 0 Å². The van der Waals surface area contributed by atoms with Gasteiger partial charge in [-0.1, -0.05) is 19.1 Å². The predicted octanol–water partition coefficient (Wildman–Crippen LogP) is 3.16. The number of aliphatic hydroxyl groups is 1. The summed E-state index contributed by atoms with van der Waals surface area (Å²) in [6.45, 7) is 1.21. The number of pyridine rings is 1. The summed E-state index contributed by atoms with van der Waals surface area (Å²) in [6.07, 6.45) is -4.00. The largest absolute Gasteiger partial charge is 0.481 e. The standard InChI is InChI=1S/C18H18F4N2O3/c1-3-17(26,12-4-6-14(19)7-5-12)16(25)24-9-11-8-13(18(20,21)22)10-23-15(11)27-2/h4-8,10,26H,3,9H2,1-2H3,(H,24,25). The first-order chi connectivity index (χ1) is 12.6. The maximum absolute atomic E-state index is 13.1. The van der Waals surface area contributed by atoms with Crippen molar-refractivity contribution < 1.29 is 32.2 Å². The number of halogens is 4. The average molecular weight is 386 g/mol. The third-order valence-corrected chi connectivity index (χ3v) is 4.09. The molecular weight excluding hydrogens is 368 g/mol. The number of carbonyl (C=O) groups excluding carboxylic acids is 1. The lowest BCUT2D eigenvalue weighted by atomic mass is 9.90. The molecule has 0 bridgehead atoms. The molecule has 0 spiro atoms. The number of carbonyl (C=O) groups is 1. The minimum absolute atomic E-state index is 0.00164. The van der Waals surface area contributed by atoms with Crippen LogP contribution >= 0.6 is 0 Å².